The number of allylic oxidation sites excluding steroid dienone is 10. The molecule has 0 aliphatic heterocycles. The molecular formula is C20H26. The summed E-state index contributed by atoms with van der Waals surface area (Å²) in [6, 6.07) is 0. The monoisotopic (exact) mass is 266 g/mol. The average Bonchev–Trinajstić information content (AvgIpc) is 3.01. The first-order valence-corrected chi connectivity index (χ1v) is 7.17. The summed E-state index contributed by atoms with van der Waals surface area (Å²) in [5.41, 5.74) is 5.48. The fraction of sp³-hybridized carbons (Fsp3) is 0.300. The highest BCUT2D eigenvalue weighted by atomic mass is 14.2. The lowest BCUT2D eigenvalue weighted by Crippen LogP contribution is -1.89. The molecule has 0 saturated heterocycles. The molecule has 2 unspecified atom stereocenters. The number of hydrogen-bond acceptors (Lipinski definition) is 0. The molecule has 2 aliphatic rings. The third-order valence-electron chi connectivity index (χ3n) is 4.23. The molecule has 20 heavy (non-hydrogen) atoms. The minimum Gasteiger partial charge on any atom is -0.102 e. The molecule has 0 nitrogen and oxygen atoms in total. The maximum atomic E-state index is 3.79. The molecule has 0 aromatic rings. The molecule has 0 heterocycles. The van der Waals surface area contributed by atoms with E-state index in [-0.39, 0.29) is 0 Å². The highest BCUT2D eigenvalue weighted by Crippen LogP contribution is 2.32. The van der Waals surface area contributed by atoms with Gasteiger partial charge in [0.1, 0.15) is 0 Å². The van der Waals surface area contributed by atoms with Gasteiger partial charge >= 0.3 is 0 Å². The summed E-state index contributed by atoms with van der Waals surface area (Å²) in [6.45, 7) is 19.3. The summed E-state index contributed by atoms with van der Waals surface area (Å²) in [6.07, 6.45) is 14.5. The summed E-state index contributed by atoms with van der Waals surface area (Å²) in [7, 11) is 0. The first-order chi connectivity index (χ1) is 9.58. The lowest BCUT2D eigenvalue weighted by atomic mass is 10.0. The highest BCUT2D eigenvalue weighted by Gasteiger charge is 2.16. The molecule has 106 valence electrons. The Balaban J connectivity index is 0.000000200. The van der Waals surface area contributed by atoms with Crippen molar-refractivity contribution in [2.75, 3.05) is 0 Å². The van der Waals surface area contributed by atoms with Crippen molar-refractivity contribution in [3.05, 3.63) is 85.1 Å². The minimum absolute atomic E-state index is 0.438. The fourth-order valence-electron chi connectivity index (χ4n) is 2.68. The van der Waals surface area contributed by atoms with Crippen molar-refractivity contribution in [2.24, 2.45) is 11.8 Å². The van der Waals surface area contributed by atoms with Crippen LogP contribution in [0.5, 0.6) is 0 Å². The van der Waals surface area contributed by atoms with Crippen LogP contribution in [0, 0.1) is 11.8 Å². The topological polar surface area (TPSA) is 0 Å². The quantitative estimate of drug-likeness (QED) is 0.552. The van der Waals surface area contributed by atoms with E-state index in [1.54, 1.807) is 0 Å². The molecular weight excluding hydrogens is 240 g/mol. The number of hydrogen-bond donors (Lipinski definition) is 0. The first-order valence-electron chi connectivity index (χ1n) is 7.17. The predicted molar refractivity (Wildman–Crippen MR) is 91.5 cm³/mol. The fourth-order valence-corrected chi connectivity index (χ4v) is 2.68. The lowest BCUT2D eigenvalue weighted by Gasteiger charge is -2.02. The second kappa shape index (κ2) is 7.69. The Morgan fingerprint density at radius 2 is 1.70 bits per heavy atom. The van der Waals surface area contributed by atoms with Gasteiger partial charge in [0.15, 0.2) is 0 Å². The zero-order valence-electron chi connectivity index (χ0n) is 12.9. The zero-order valence-corrected chi connectivity index (χ0v) is 12.9. The molecule has 0 heteroatoms. The molecule has 2 rings (SSSR count). The molecule has 2 atom stereocenters. The van der Waals surface area contributed by atoms with Crippen LogP contribution in [0.2, 0.25) is 0 Å². The highest BCUT2D eigenvalue weighted by molar-refractivity contribution is 5.43. The van der Waals surface area contributed by atoms with Gasteiger partial charge in [-0.25, -0.2) is 0 Å². The summed E-state index contributed by atoms with van der Waals surface area (Å²) >= 11 is 0. The van der Waals surface area contributed by atoms with Crippen LogP contribution >= 0.6 is 0 Å². The normalized spacial score (nSPS) is 24.3. The second-order valence-corrected chi connectivity index (χ2v) is 5.26. The van der Waals surface area contributed by atoms with Crippen LogP contribution in [-0.2, 0) is 0 Å². The third-order valence-corrected chi connectivity index (χ3v) is 4.23. The summed E-state index contributed by atoms with van der Waals surface area (Å²) < 4.78 is 0. The van der Waals surface area contributed by atoms with Crippen LogP contribution in [0.15, 0.2) is 85.1 Å². The van der Waals surface area contributed by atoms with Crippen molar-refractivity contribution < 1.29 is 0 Å². The van der Waals surface area contributed by atoms with E-state index < -0.39 is 0 Å². The van der Waals surface area contributed by atoms with E-state index in [0.29, 0.717) is 11.8 Å². The molecule has 2 aliphatic carbocycles. The smallest absolute Gasteiger partial charge is 0.0164 e. The van der Waals surface area contributed by atoms with E-state index in [9.17, 15) is 0 Å². The Hall–Kier alpha value is -1.82. The Labute approximate surface area is 124 Å². The molecule has 0 amide bonds. The van der Waals surface area contributed by atoms with Crippen LogP contribution in [-0.4, -0.2) is 0 Å². The van der Waals surface area contributed by atoms with Gasteiger partial charge in [-0.1, -0.05) is 60.8 Å². The van der Waals surface area contributed by atoms with E-state index >= 15 is 0 Å². The Bertz CT molecular complexity index is 494. The Morgan fingerprint density at radius 1 is 1.00 bits per heavy atom. The SMILES string of the molecule is C=CC1=C(C)C(C=C)C=C1.C=CC1=C(C)C(C=C)CC1. The third kappa shape index (κ3) is 3.60. The molecule has 0 radical (unpaired) electrons. The van der Waals surface area contributed by atoms with Crippen LogP contribution in [0.25, 0.3) is 0 Å². The molecule has 0 spiro atoms. The van der Waals surface area contributed by atoms with Gasteiger partial charge in [-0.2, -0.15) is 0 Å². The molecule has 0 N–H and O–H groups in total. The van der Waals surface area contributed by atoms with Gasteiger partial charge in [0.05, 0.1) is 0 Å². The van der Waals surface area contributed by atoms with Crippen molar-refractivity contribution in [3.8, 4) is 0 Å². The molecule has 0 aromatic heterocycles. The lowest BCUT2D eigenvalue weighted by molar-refractivity contribution is 0.741. The maximum Gasteiger partial charge on any atom is 0.0164 e. The van der Waals surface area contributed by atoms with Crippen molar-refractivity contribution in [3.63, 3.8) is 0 Å². The maximum absolute atomic E-state index is 3.79. The Morgan fingerprint density at radius 3 is 2.00 bits per heavy atom. The Kier molecular flexibility index (Phi) is 6.24. The van der Waals surface area contributed by atoms with Gasteiger partial charge < -0.3 is 0 Å². The first kappa shape index (κ1) is 16.2. The minimum atomic E-state index is 0.438. The van der Waals surface area contributed by atoms with Gasteiger partial charge in [0.2, 0.25) is 0 Å². The van der Waals surface area contributed by atoms with Gasteiger partial charge in [0.25, 0.3) is 0 Å². The van der Waals surface area contributed by atoms with Crippen LogP contribution in [0.4, 0.5) is 0 Å². The zero-order chi connectivity index (χ0) is 15.1. The van der Waals surface area contributed by atoms with E-state index in [1.165, 1.54) is 35.1 Å². The molecule has 0 aromatic carbocycles. The van der Waals surface area contributed by atoms with E-state index in [2.05, 4.69) is 52.3 Å². The van der Waals surface area contributed by atoms with Crippen molar-refractivity contribution in [1.82, 2.24) is 0 Å². The van der Waals surface area contributed by atoms with E-state index in [1.807, 2.05) is 24.3 Å². The molecule has 0 fully saturated rings. The van der Waals surface area contributed by atoms with Crippen molar-refractivity contribution in [2.45, 2.75) is 26.7 Å². The van der Waals surface area contributed by atoms with Crippen molar-refractivity contribution in [1.29, 1.82) is 0 Å². The largest absolute Gasteiger partial charge is 0.102 e. The standard InChI is InChI=1S/C10H14.C10H12/c2*1-4-9-6-7-10(5-2)8(9)3/h4-5,9H,1-2,6-7H2,3H3;4-7,9H,1-2H2,3H3. The van der Waals surface area contributed by atoms with E-state index in [4.69, 9.17) is 0 Å². The van der Waals surface area contributed by atoms with Crippen LogP contribution < -0.4 is 0 Å². The van der Waals surface area contributed by atoms with Crippen molar-refractivity contribution >= 4 is 0 Å². The summed E-state index contributed by atoms with van der Waals surface area (Å²) in [5, 5.41) is 0. The van der Waals surface area contributed by atoms with Gasteiger partial charge in [-0.3, -0.25) is 0 Å². The van der Waals surface area contributed by atoms with Gasteiger partial charge in [-0.05, 0) is 43.8 Å². The van der Waals surface area contributed by atoms with Gasteiger partial charge in [-0.15, -0.1) is 13.2 Å². The van der Waals surface area contributed by atoms with E-state index in [0.717, 1.165) is 0 Å². The van der Waals surface area contributed by atoms with Crippen LogP contribution in [0.1, 0.15) is 26.7 Å². The molecule has 0 bridgehead atoms. The summed E-state index contributed by atoms with van der Waals surface area (Å²) in [5.74, 6) is 1.06. The van der Waals surface area contributed by atoms with Crippen LogP contribution in [0.3, 0.4) is 0 Å². The average molecular weight is 266 g/mol. The summed E-state index contributed by atoms with van der Waals surface area (Å²) in [4.78, 5) is 0. The number of rotatable bonds is 4. The molecule has 0 saturated carbocycles. The van der Waals surface area contributed by atoms with Gasteiger partial charge in [0, 0.05) is 5.92 Å². The second-order valence-electron chi connectivity index (χ2n) is 5.26. The predicted octanol–water partition coefficient (Wildman–Crippen LogP) is 5.95.